The summed E-state index contributed by atoms with van der Waals surface area (Å²) in [5.41, 5.74) is 3.78. The van der Waals surface area contributed by atoms with Crippen LogP contribution in [0.25, 0.3) is 0 Å². The van der Waals surface area contributed by atoms with Crippen LogP contribution in [-0.4, -0.2) is 51.8 Å². The summed E-state index contributed by atoms with van der Waals surface area (Å²) >= 11 is 0. The van der Waals surface area contributed by atoms with Crippen molar-refractivity contribution in [1.29, 1.82) is 0 Å². The monoisotopic (exact) mass is 418 g/mol. The molecule has 0 unspecified atom stereocenters. The van der Waals surface area contributed by atoms with Gasteiger partial charge in [0.1, 0.15) is 5.82 Å². The molecule has 1 saturated heterocycles. The Bertz CT molecular complexity index is 996. The smallest absolute Gasteiger partial charge is 0.257 e. The van der Waals surface area contributed by atoms with Gasteiger partial charge in [0.2, 0.25) is 0 Å². The Labute approximate surface area is 183 Å². The van der Waals surface area contributed by atoms with E-state index in [1.807, 2.05) is 54.2 Å². The van der Waals surface area contributed by atoms with Gasteiger partial charge < -0.3 is 10.2 Å². The molecule has 7 nitrogen and oxygen atoms in total. The molecule has 1 N–H and O–H groups in total. The predicted octanol–water partition coefficient (Wildman–Crippen LogP) is 3.57. The van der Waals surface area contributed by atoms with Gasteiger partial charge in [0.05, 0.1) is 11.8 Å². The second-order valence-electron chi connectivity index (χ2n) is 8.05. The number of nitrogens with one attached hydrogen (secondary N) is 1. The molecule has 0 radical (unpaired) electrons. The Balaban J connectivity index is 1.33. The van der Waals surface area contributed by atoms with Gasteiger partial charge in [-0.1, -0.05) is 17.7 Å². The number of amides is 1. The molecular formula is C24H30N6O. The van der Waals surface area contributed by atoms with Crippen LogP contribution in [0.2, 0.25) is 0 Å². The van der Waals surface area contributed by atoms with E-state index >= 15 is 0 Å². The first-order chi connectivity index (χ1) is 15.1. The minimum Gasteiger partial charge on any atom is -0.355 e. The summed E-state index contributed by atoms with van der Waals surface area (Å²) in [4.78, 5) is 21.9. The number of benzene rings is 1. The maximum Gasteiger partial charge on any atom is 0.257 e. The number of carbonyl (C=O) groups excluding carboxylic acids is 1. The van der Waals surface area contributed by atoms with Crippen molar-refractivity contribution in [2.75, 3.05) is 36.4 Å². The molecule has 4 rings (SSSR count). The van der Waals surface area contributed by atoms with E-state index in [1.165, 1.54) is 5.56 Å². The predicted molar refractivity (Wildman–Crippen MR) is 123 cm³/mol. The van der Waals surface area contributed by atoms with Crippen LogP contribution in [0.4, 0.5) is 11.5 Å². The molecule has 0 spiro atoms. The lowest BCUT2D eigenvalue weighted by Crippen LogP contribution is -2.31. The van der Waals surface area contributed by atoms with Crippen LogP contribution in [0.3, 0.4) is 0 Å². The summed E-state index contributed by atoms with van der Waals surface area (Å²) in [6.07, 6.45) is 6.85. The van der Waals surface area contributed by atoms with Crippen LogP contribution < -0.4 is 10.2 Å². The van der Waals surface area contributed by atoms with E-state index < -0.39 is 0 Å². The van der Waals surface area contributed by atoms with Gasteiger partial charge in [-0.05, 0) is 44.5 Å². The molecule has 1 aliphatic rings. The van der Waals surface area contributed by atoms with Crippen molar-refractivity contribution in [3.63, 3.8) is 0 Å². The molecule has 31 heavy (non-hydrogen) atoms. The van der Waals surface area contributed by atoms with Crippen LogP contribution >= 0.6 is 0 Å². The summed E-state index contributed by atoms with van der Waals surface area (Å²) in [7, 11) is 0. The number of carbonyl (C=O) groups is 1. The zero-order valence-corrected chi connectivity index (χ0v) is 18.3. The van der Waals surface area contributed by atoms with E-state index in [2.05, 4.69) is 38.3 Å². The molecule has 1 fully saturated rings. The first kappa shape index (κ1) is 21.1. The van der Waals surface area contributed by atoms with Gasteiger partial charge in [0.25, 0.3) is 5.91 Å². The average Bonchev–Trinajstić information content (AvgIpc) is 3.12. The van der Waals surface area contributed by atoms with Crippen molar-refractivity contribution in [3.05, 3.63) is 71.7 Å². The summed E-state index contributed by atoms with van der Waals surface area (Å²) in [5, 5.41) is 7.30. The fraction of sp³-hybridized carbons (Fsp3) is 0.375. The van der Waals surface area contributed by atoms with Crippen LogP contribution in [0.15, 0.2) is 55.0 Å². The molecule has 0 bridgehead atoms. The van der Waals surface area contributed by atoms with E-state index in [-0.39, 0.29) is 5.91 Å². The van der Waals surface area contributed by atoms with E-state index in [1.54, 1.807) is 6.20 Å². The Morgan fingerprint density at radius 1 is 1.03 bits per heavy atom. The highest BCUT2D eigenvalue weighted by Crippen LogP contribution is 2.17. The van der Waals surface area contributed by atoms with Crippen molar-refractivity contribution < 1.29 is 4.79 Å². The van der Waals surface area contributed by atoms with Crippen molar-refractivity contribution in [3.8, 4) is 0 Å². The zero-order valence-electron chi connectivity index (χ0n) is 18.3. The van der Waals surface area contributed by atoms with Gasteiger partial charge in [0, 0.05) is 62.9 Å². The van der Waals surface area contributed by atoms with E-state index in [0.29, 0.717) is 5.56 Å². The molecule has 0 atom stereocenters. The van der Waals surface area contributed by atoms with Crippen molar-refractivity contribution in [2.45, 2.75) is 33.4 Å². The molecule has 0 aliphatic carbocycles. The normalized spacial score (nSPS) is 15.0. The molecular weight excluding hydrogens is 388 g/mol. The third-order valence-electron chi connectivity index (χ3n) is 5.65. The molecule has 2 aromatic heterocycles. The first-order valence-corrected chi connectivity index (χ1v) is 10.9. The van der Waals surface area contributed by atoms with E-state index in [0.717, 1.165) is 62.8 Å². The Hall–Kier alpha value is -3.19. The van der Waals surface area contributed by atoms with Crippen molar-refractivity contribution in [2.24, 2.45) is 0 Å². The zero-order chi connectivity index (χ0) is 21.6. The highest BCUT2D eigenvalue weighted by Gasteiger charge is 2.17. The Morgan fingerprint density at radius 3 is 2.58 bits per heavy atom. The number of pyridine rings is 1. The third kappa shape index (κ3) is 5.49. The lowest BCUT2D eigenvalue weighted by molar-refractivity contribution is 0.102. The van der Waals surface area contributed by atoms with Gasteiger partial charge >= 0.3 is 0 Å². The van der Waals surface area contributed by atoms with Gasteiger partial charge in [-0.2, -0.15) is 5.10 Å². The molecule has 3 heterocycles. The van der Waals surface area contributed by atoms with Crippen LogP contribution in [0, 0.1) is 6.92 Å². The molecule has 7 heteroatoms. The largest absolute Gasteiger partial charge is 0.355 e. The summed E-state index contributed by atoms with van der Waals surface area (Å²) in [5.74, 6) is 0.783. The maximum atomic E-state index is 12.5. The third-order valence-corrected chi connectivity index (χ3v) is 5.65. The second-order valence-corrected chi connectivity index (χ2v) is 8.05. The molecule has 0 saturated carbocycles. The summed E-state index contributed by atoms with van der Waals surface area (Å²) in [6.45, 7) is 9.88. The fourth-order valence-corrected chi connectivity index (χ4v) is 3.82. The Kier molecular flexibility index (Phi) is 6.62. The Morgan fingerprint density at radius 2 is 1.87 bits per heavy atom. The molecule has 3 aromatic rings. The number of aromatic nitrogens is 3. The van der Waals surface area contributed by atoms with Crippen LogP contribution in [-0.2, 0) is 13.1 Å². The summed E-state index contributed by atoms with van der Waals surface area (Å²) in [6, 6.07) is 11.6. The van der Waals surface area contributed by atoms with Crippen molar-refractivity contribution in [1.82, 2.24) is 19.7 Å². The number of aryl methyl sites for hydroxylation is 2. The van der Waals surface area contributed by atoms with Gasteiger partial charge in [0.15, 0.2) is 0 Å². The maximum absolute atomic E-state index is 12.5. The molecule has 1 amide bonds. The second kappa shape index (κ2) is 9.75. The highest BCUT2D eigenvalue weighted by atomic mass is 16.1. The topological polar surface area (TPSA) is 66.3 Å². The van der Waals surface area contributed by atoms with Gasteiger partial charge in [-0.25, -0.2) is 4.98 Å². The highest BCUT2D eigenvalue weighted by molar-refractivity contribution is 6.04. The quantitative estimate of drug-likeness (QED) is 0.663. The van der Waals surface area contributed by atoms with Crippen LogP contribution in [0.1, 0.15) is 34.8 Å². The molecule has 162 valence electrons. The lowest BCUT2D eigenvalue weighted by Gasteiger charge is -2.22. The van der Waals surface area contributed by atoms with Crippen molar-refractivity contribution >= 4 is 17.4 Å². The number of nitrogens with zero attached hydrogens (tertiary/aromatic N) is 5. The summed E-state index contributed by atoms with van der Waals surface area (Å²) < 4.78 is 1.97. The van der Waals surface area contributed by atoms with Gasteiger partial charge in [-0.3, -0.25) is 14.4 Å². The fourth-order valence-electron chi connectivity index (χ4n) is 3.82. The SMILES string of the molecule is CCn1cc(CN2CCCN(c3ccc(C(=O)Nc4ccc(C)cc4)cn3)CC2)cn1. The first-order valence-electron chi connectivity index (χ1n) is 10.9. The minimum atomic E-state index is -0.141. The minimum absolute atomic E-state index is 0.141. The van der Waals surface area contributed by atoms with E-state index in [9.17, 15) is 4.79 Å². The number of hydrogen-bond donors (Lipinski definition) is 1. The molecule has 1 aromatic carbocycles. The average molecular weight is 419 g/mol. The van der Waals surface area contributed by atoms with Gasteiger partial charge in [-0.15, -0.1) is 0 Å². The number of hydrogen-bond acceptors (Lipinski definition) is 5. The van der Waals surface area contributed by atoms with E-state index in [4.69, 9.17) is 0 Å². The lowest BCUT2D eigenvalue weighted by atomic mass is 10.2. The standard InChI is InChI=1S/C24H30N6O/c1-3-30-18-20(15-26-30)17-28-11-4-12-29(14-13-28)23-10-7-21(16-25-23)24(31)27-22-8-5-19(2)6-9-22/h5-10,15-16,18H,3-4,11-14,17H2,1-2H3,(H,27,31). The number of anilines is 2. The molecule has 1 aliphatic heterocycles. The van der Waals surface area contributed by atoms with Crippen LogP contribution in [0.5, 0.6) is 0 Å². The number of rotatable bonds is 6.